The zero-order valence-corrected chi connectivity index (χ0v) is 60.5. The van der Waals surface area contributed by atoms with Gasteiger partial charge in [-0.2, -0.15) is 4.57 Å². The maximum absolute atomic E-state index is 7.80. The lowest BCUT2D eigenvalue weighted by Gasteiger charge is -2.21. The van der Waals surface area contributed by atoms with Crippen molar-refractivity contribution in [2.24, 2.45) is 28.2 Å². The van der Waals surface area contributed by atoms with Gasteiger partial charge in [-0.25, -0.2) is 13.7 Å². The number of aromatic nitrogens is 8. The molecule has 0 bridgehead atoms. The Balaban J connectivity index is 0.000000120. The molecule has 4 aliphatic carbocycles. The molecule has 8 heterocycles. The number of aryl methyl sites for hydroxylation is 12. The van der Waals surface area contributed by atoms with Crippen molar-refractivity contribution in [3.8, 4) is 89.5 Å². The minimum atomic E-state index is -2.14. The van der Waals surface area contributed by atoms with Gasteiger partial charge < -0.3 is 0 Å². The molecule has 0 N–H and O–H groups in total. The summed E-state index contributed by atoms with van der Waals surface area (Å²) in [5.41, 5.74) is 40.2. The van der Waals surface area contributed by atoms with Crippen LogP contribution in [-0.4, -0.2) is 19.9 Å². The summed E-state index contributed by atoms with van der Waals surface area (Å²) >= 11 is 0. The molecule has 8 aromatic heterocycles. The van der Waals surface area contributed by atoms with Gasteiger partial charge in [0.15, 0.2) is 24.3 Å². The minimum Gasteiger partial charge on any atom is -0.260 e. The van der Waals surface area contributed by atoms with E-state index in [0.717, 1.165) is 28.1 Å². The second-order valence-electron chi connectivity index (χ2n) is 29.8. The molecule has 0 radical (unpaired) electrons. The summed E-state index contributed by atoms with van der Waals surface area (Å²) in [6.45, 7) is 33.3. The fraction of sp³-hybridized carbons (Fsp3) is 0.281. The normalized spacial score (nSPS) is 14.9. The quantitative estimate of drug-likeness (QED) is 0.165. The van der Waals surface area contributed by atoms with Crippen LogP contribution in [0.3, 0.4) is 0 Å². The number of nitrogens with zero attached hydrogens (tertiary/aromatic N) is 8. The SMILES string of the molecule is Cc1cc(-c2cc3c(cc2C)C(C)(C)c2ncccc2-3)[n+](C)cc1C.Cc1cc[n+](C)c(-c2cc3c(cc2C)C(C)(C)c2ncccc2-3)c1.Cc1ccc(-c2cc3c(cc2C)C(C)(C)c2ncccc2-3)[n+](C)c1.[2H]C([2H])([2H])c1cccc(-c2cc3c(cc2C)C(C)(C)c2ncccc2-3)[n+]1C. The van der Waals surface area contributed by atoms with Gasteiger partial charge >= 0.3 is 0 Å². The third-order valence-corrected chi connectivity index (χ3v) is 21.6. The van der Waals surface area contributed by atoms with Crippen molar-refractivity contribution in [1.82, 2.24) is 19.9 Å². The first-order valence-electron chi connectivity index (χ1n) is 35.6. The molecule has 97 heavy (non-hydrogen) atoms. The van der Waals surface area contributed by atoms with E-state index in [9.17, 15) is 0 Å². The number of hydrogen-bond acceptors (Lipinski definition) is 4. The molecule has 0 aliphatic heterocycles. The second-order valence-corrected chi connectivity index (χ2v) is 29.8. The lowest BCUT2D eigenvalue weighted by atomic mass is 9.83. The maximum Gasteiger partial charge on any atom is 0.212 e. The summed E-state index contributed by atoms with van der Waals surface area (Å²) in [5, 5.41) is 0. The molecule has 8 heteroatoms. The predicted octanol–water partition coefficient (Wildman–Crippen LogP) is 18.3. The third-order valence-electron chi connectivity index (χ3n) is 21.6. The molecule has 0 spiro atoms. The average Bonchev–Trinajstić information content (AvgIpc) is 1.59. The van der Waals surface area contributed by atoms with Crippen LogP contribution < -0.4 is 18.3 Å². The molecule has 0 fully saturated rings. The maximum atomic E-state index is 7.80. The van der Waals surface area contributed by atoms with Gasteiger partial charge in [0.25, 0.3) is 0 Å². The van der Waals surface area contributed by atoms with Gasteiger partial charge in [0.05, 0.1) is 22.8 Å². The van der Waals surface area contributed by atoms with Crippen LogP contribution in [0, 0.1) is 62.2 Å². The van der Waals surface area contributed by atoms with Crippen molar-refractivity contribution >= 4 is 0 Å². The van der Waals surface area contributed by atoms with E-state index in [-0.39, 0.29) is 21.7 Å². The van der Waals surface area contributed by atoms with Gasteiger partial charge in [-0.05, 0) is 194 Å². The van der Waals surface area contributed by atoms with Gasteiger partial charge in [0, 0.05) is 149 Å². The molecule has 4 aliphatic rings. The molecule has 0 saturated carbocycles. The highest BCUT2D eigenvalue weighted by atomic mass is 14.9. The molecule has 12 aromatic rings. The van der Waals surface area contributed by atoms with Crippen LogP contribution in [0.4, 0.5) is 0 Å². The molecule has 16 rings (SSSR count). The number of benzene rings is 4. The van der Waals surface area contributed by atoms with E-state index in [1.165, 1.54) is 151 Å². The molecular formula is C89H94N8+4. The monoisotopic (exact) mass is 1280 g/mol. The predicted molar refractivity (Wildman–Crippen MR) is 396 cm³/mol. The summed E-state index contributed by atoms with van der Waals surface area (Å²) < 4.78 is 31.8. The van der Waals surface area contributed by atoms with Crippen LogP contribution >= 0.6 is 0 Å². The Morgan fingerprint density at radius 2 is 0.670 bits per heavy atom. The van der Waals surface area contributed by atoms with E-state index >= 15 is 0 Å². The van der Waals surface area contributed by atoms with Crippen molar-refractivity contribution < 1.29 is 22.4 Å². The average molecular weight is 1280 g/mol. The van der Waals surface area contributed by atoms with Gasteiger partial charge in [0.2, 0.25) is 22.8 Å². The van der Waals surface area contributed by atoms with Crippen LogP contribution in [0.15, 0.2) is 189 Å². The van der Waals surface area contributed by atoms with E-state index in [1.54, 1.807) is 10.6 Å². The van der Waals surface area contributed by atoms with Gasteiger partial charge in [0.1, 0.15) is 28.2 Å². The van der Waals surface area contributed by atoms with Gasteiger partial charge in [-0.3, -0.25) is 19.9 Å². The third kappa shape index (κ3) is 11.1. The van der Waals surface area contributed by atoms with Crippen molar-refractivity contribution in [1.29, 1.82) is 0 Å². The first-order valence-corrected chi connectivity index (χ1v) is 34.1. The Morgan fingerprint density at radius 3 is 1.06 bits per heavy atom. The number of hydrogen-bond donors (Lipinski definition) is 0. The first-order chi connectivity index (χ1) is 47.2. The number of fused-ring (bicyclic) bond motifs is 12. The Bertz CT molecular complexity index is 5340. The summed E-state index contributed by atoms with van der Waals surface area (Å²) in [6.07, 6.45) is 14.1. The zero-order chi connectivity index (χ0) is 71.6. The summed E-state index contributed by atoms with van der Waals surface area (Å²) in [6, 6.07) is 52.0. The minimum absolute atomic E-state index is 0.0370. The molecule has 0 unspecified atom stereocenters. The summed E-state index contributed by atoms with van der Waals surface area (Å²) in [5.74, 6) is 0. The Kier molecular flexibility index (Phi) is 15.5. The van der Waals surface area contributed by atoms with Crippen molar-refractivity contribution in [2.45, 2.75) is 139 Å². The van der Waals surface area contributed by atoms with E-state index in [4.69, 9.17) is 9.10 Å². The highest BCUT2D eigenvalue weighted by Crippen LogP contribution is 2.53. The van der Waals surface area contributed by atoms with Crippen molar-refractivity contribution in [2.75, 3.05) is 0 Å². The number of pyridine rings is 8. The van der Waals surface area contributed by atoms with Gasteiger partial charge in [-0.1, -0.05) is 104 Å². The highest BCUT2D eigenvalue weighted by Gasteiger charge is 2.42. The molecule has 8 nitrogen and oxygen atoms in total. The zero-order valence-electron chi connectivity index (χ0n) is 63.5. The smallest absolute Gasteiger partial charge is 0.212 e. The standard InChI is InChI=1S/C23H25N2.3C22H23N2/c1-14-11-21(25(6)13-16(14)3)18-12-19-17-8-7-9-24-22(17)23(4,5)20(19)10-15(18)2;1-14-12-19-18(16-9-7-11-23-21(16)22(19,3)4)13-17(14)20-10-6-8-15(2)24(20)5;1-14-8-9-20(24(5)13-14)17-12-18-16-7-6-10-23-21(16)22(3,4)19(18)11-15(17)2;1-14-8-10-24(5)20(11-14)17-13-18-16-7-6-9-23-21(16)22(3,4)19(18)12-15(17)2/h7-13H,1-6H3;3*6-13H,1-5H3/q4*+1/i;2D3;;. The molecule has 4 aromatic carbocycles. The van der Waals surface area contributed by atoms with Crippen LogP contribution in [0.1, 0.15) is 155 Å². The van der Waals surface area contributed by atoms with Gasteiger partial charge in [-0.15, -0.1) is 0 Å². The van der Waals surface area contributed by atoms with E-state index in [1.807, 2.05) is 68.2 Å². The molecule has 0 saturated heterocycles. The Morgan fingerprint density at radius 1 is 0.299 bits per heavy atom. The first kappa shape index (κ1) is 61.9. The number of rotatable bonds is 4. The fourth-order valence-corrected chi connectivity index (χ4v) is 15.9. The largest absolute Gasteiger partial charge is 0.260 e. The molecule has 0 atom stereocenters. The van der Waals surface area contributed by atoms with Crippen LogP contribution in [-0.2, 0) is 49.9 Å². The summed E-state index contributed by atoms with van der Waals surface area (Å²) in [7, 11) is 8.19. The second kappa shape index (κ2) is 24.3. The van der Waals surface area contributed by atoms with Crippen molar-refractivity contribution in [3.05, 3.63) is 284 Å². The van der Waals surface area contributed by atoms with E-state index < -0.39 is 6.85 Å². The Hall–Kier alpha value is -9.92. The van der Waals surface area contributed by atoms with E-state index in [2.05, 4.69) is 282 Å². The van der Waals surface area contributed by atoms with Crippen LogP contribution in [0.25, 0.3) is 89.5 Å². The molecular weight excluding hydrogens is 1180 g/mol. The lowest BCUT2D eigenvalue weighted by molar-refractivity contribution is -0.666. The topological polar surface area (TPSA) is 67.1 Å². The fourth-order valence-electron chi connectivity index (χ4n) is 15.9. The molecule has 486 valence electrons. The molecule has 0 amide bonds. The lowest BCUT2D eigenvalue weighted by Crippen LogP contribution is -2.34. The van der Waals surface area contributed by atoms with Crippen LogP contribution in [0.5, 0.6) is 0 Å². The summed E-state index contributed by atoms with van der Waals surface area (Å²) in [4.78, 5) is 18.7. The Labute approximate surface area is 580 Å². The van der Waals surface area contributed by atoms with E-state index in [0.29, 0.717) is 5.69 Å². The van der Waals surface area contributed by atoms with Crippen LogP contribution in [0.2, 0.25) is 0 Å². The van der Waals surface area contributed by atoms with Crippen molar-refractivity contribution in [3.63, 3.8) is 0 Å². The highest BCUT2D eigenvalue weighted by molar-refractivity contribution is 5.87.